The van der Waals surface area contributed by atoms with Crippen molar-refractivity contribution in [1.29, 1.82) is 0 Å². The predicted molar refractivity (Wildman–Crippen MR) is 233 cm³/mol. The van der Waals surface area contributed by atoms with E-state index in [0.717, 1.165) is 77.9 Å². The molecule has 2 aromatic heterocycles. The Balaban J connectivity index is 1.03. The summed E-state index contributed by atoms with van der Waals surface area (Å²) < 4.78 is 0. The molecule has 3 heteroatoms. The molecule has 0 saturated carbocycles. The number of hydrogen-bond donors (Lipinski definition) is 0. The second kappa shape index (κ2) is 14.4. The first kappa shape index (κ1) is 33.1. The second-order valence-electron chi connectivity index (χ2n) is 14.0. The van der Waals surface area contributed by atoms with Crippen molar-refractivity contribution in [2.45, 2.75) is 0 Å². The number of fused-ring (bicyclic) bond motifs is 3. The highest BCUT2D eigenvalue weighted by atomic mass is 14.9. The minimum Gasteiger partial charge on any atom is -0.247 e. The zero-order chi connectivity index (χ0) is 37.3. The van der Waals surface area contributed by atoms with E-state index < -0.39 is 0 Å². The van der Waals surface area contributed by atoms with Gasteiger partial charge in [-0.2, -0.15) is 0 Å². The summed E-state index contributed by atoms with van der Waals surface area (Å²) in [6, 6.07) is 74.5. The van der Waals surface area contributed by atoms with Crippen LogP contribution in [-0.2, 0) is 0 Å². The fourth-order valence-corrected chi connectivity index (χ4v) is 7.69. The summed E-state index contributed by atoms with van der Waals surface area (Å²) in [7, 11) is 0. The molecule has 56 heavy (non-hydrogen) atoms. The molecule has 0 spiro atoms. The zero-order valence-corrected chi connectivity index (χ0v) is 30.5. The van der Waals surface area contributed by atoms with E-state index >= 15 is 0 Å². The molecule has 0 atom stereocenters. The van der Waals surface area contributed by atoms with Gasteiger partial charge in [0.25, 0.3) is 0 Å². The van der Waals surface area contributed by atoms with Crippen LogP contribution in [-0.4, -0.2) is 15.0 Å². The maximum atomic E-state index is 5.34. The number of pyridine rings is 1. The van der Waals surface area contributed by atoms with Gasteiger partial charge in [0.05, 0.1) is 22.6 Å². The third-order valence-electron chi connectivity index (χ3n) is 10.5. The Hall–Kier alpha value is -7.49. The largest absolute Gasteiger partial charge is 0.247 e. The number of nitrogens with zero attached hydrogens (tertiary/aromatic N) is 3. The highest BCUT2D eigenvalue weighted by Gasteiger charge is 2.16. The van der Waals surface area contributed by atoms with Gasteiger partial charge >= 0.3 is 0 Å². The van der Waals surface area contributed by atoms with Crippen molar-refractivity contribution in [2.75, 3.05) is 0 Å². The van der Waals surface area contributed by atoms with Crippen LogP contribution in [0.1, 0.15) is 0 Å². The fourth-order valence-electron chi connectivity index (χ4n) is 7.69. The normalized spacial score (nSPS) is 11.2. The Labute approximate surface area is 326 Å². The van der Waals surface area contributed by atoms with Gasteiger partial charge < -0.3 is 0 Å². The molecule has 0 bridgehead atoms. The first-order valence-electron chi connectivity index (χ1n) is 18.9. The first-order chi connectivity index (χ1) is 27.7. The summed E-state index contributed by atoms with van der Waals surface area (Å²) in [5, 5.41) is 3.52. The Morgan fingerprint density at radius 2 is 0.768 bits per heavy atom. The van der Waals surface area contributed by atoms with Crippen LogP contribution in [0.4, 0.5) is 0 Å². The van der Waals surface area contributed by atoms with Crippen LogP contribution in [0.25, 0.3) is 100 Å². The summed E-state index contributed by atoms with van der Waals surface area (Å²) in [5.74, 6) is 0.710. The summed E-state index contributed by atoms with van der Waals surface area (Å²) in [6.45, 7) is 0. The molecule has 0 aliphatic heterocycles. The lowest BCUT2D eigenvalue weighted by atomic mass is 9.92. The topological polar surface area (TPSA) is 38.7 Å². The molecule has 10 aromatic rings. The van der Waals surface area contributed by atoms with Gasteiger partial charge in [0.2, 0.25) is 0 Å². The molecular weight excluding hydrogens is 679 g/mol. The van der Waals surface area contributed by atoms with Crippen molar-refractivity contribution in [3.8, 4) is 78.5 Å². The highest BCUT2D eigenvalue weighted by Crippen LogP contribution is 2.40. The van der Waals surface area contributed by atoms with Crippen LogP contribution in [0.2, 0.25) is 0 Å². The Kier molecular flexibility index (Phi) is 8.51. The molecular formula is C53H35N3. The smallest absolute Gasteiger partial charge is 0.160 e. The van der Waals surface area contributed by atoms with E-state index in [1.807, 2.05) is 36.4 Å². The molecule has 0 unspecified atom stereocenters. The van der Waals surface area contributed by atoms with Crippen LogP contribution < -0.4 is 0 Å². The van der Waals surface area contributed by atoms with Gasteiger partial charge in [-0.25, -0.2) is 15.0 Å². The average Bonchev–Trinajstić information content (AvgIpc) is 3.29. The van der Waals surface area contributed by atoms with Crippen molar-refractivity contribution in [2.24, 2.45) is 0 Å². The molecule has 0 fully saturated rings. The van der Waals surface area contributed by atoms with Crippen molar-refractivity contribution in [1.82, 2.24) is 15.0 Å². The van der Waals surface area contributed by atoms with Crippen molar-refractivity contribution >= 4 is 21.7 Å². The fraction of sp³-hybridized carbons (Fsp3) is 0. The third kappa shape index (κ3) is 6.31. The maximum absolute atomic E-state index is 5.34. The zero-order valence-electron chi connectivity index (χ0n) is 30.5. The van der Waals surface area contributed by atoms with Gasteiger partial charge in [-0.05, 0) is 51.6 Å². The Morgan fingerprint density at radius 3 is 1.43 bits per heavy atom. The molecule has 3 nitrogen and oxygen atoms in total. The molecule has 0 aliphatic carbocycles. The van der Waals surface area contributed by atoms with Crippen LogP contribution in [0, 0.1) is 0 Å². The van der Waals surface area contributed by atoms with Crippen LogP contribution in [0.5, 0.6) is 0 Å². The quantitative estimate of drug-likeness (QED) is 0.154. The molecule has 0 radical (unpaired) electrons. The van der Waals surface area contributed by atoms with E-state index in [9.17, 15) is 0 Å². The van der Waals surface area contributed by atoms with Gasteiger partial charge in [-0.15, -0.1) is 0 Å². The van der Waals surface area contributed by atoms with E-state index in [1.165, 1.54) is 16.5 Å². The molecule has 0 N–H and O–H groups in total. The van der Waals surface area contributed by atoms with Gasteiger partial charge in [0.15, 0.2) is 5.82 Å². The molecule has 0 saturated heterocycles. The van der Waals surface area contributed by atoms with Gasteiger partial charge in [-0.3, -0.25) is 0 Å². The standard InChI is InChI=1S/C53H35N3/c1-5-15-38(16-6-1)45-25-14-26-47-51(45)46-32-31-43(34-50(46)54-52(47)40-19-9-3-10-20-40)37-29-27-36(28-30-37)42-23-13-24-44(33-42)49-35-48(39-17-7-2-8-18-39)55-53(56-49)41-21-11-4-12-22-41/h1-35H. The van der Waals surface area contributed by atoms with E-state index in [2.05, 4.69) is 176 Å². The Morgan fingerprint density at radius 1 is 0.268 bits per heavy atom. The van der Waals surface area contributed by atoms with Crippen molar-refractivity contribution in [3.63, 3.8) is 0 Å². The number of aromatic nitrogens is 3. The van der Waals surface area contributed by atoms with Gasteiger partial charge in [0, 0.05) is 38.4 Å². The minimum atomic E-state index is 0.710. The molecule has 0 amide bonds. The average molecular weight is 714 g/mol. The molecule has 0 aliphatic rings. The lowest BCUT2D eigenvalue weighted by molar-refractivity contribution is 1.18. The van der Waals surface area contributed by atoms with Gasteiger partial charge in [-0.1, -0.05) is 194 Å². The second-order valence-corrected chi connectivity index (χ2v) is 14.0. The number of benzene rings is 8. The Bertz CT molecular complexity index is 2920. The van der Waals surface area contributed by atoms with E-state index in [-0.39, 0.29) is 0 Å². The first-order valence-corrected chi connectivity index (χ1v) is 18.9. The molecule has 262 valence electrons. The van der Waals surface area contributed by atoms with Crippen LogP contribution in [0.3, 0.4) is 0 Å². The van der Waals surface area contributed by atoms with Gasteiger partial charge in [0.1, 0.15) is 0 Å². The maximum Gasteiger partial charge on any atom is 0.160 e. The van der Waals surface area contributed by atoms with E-state index in [1.54, 1.807) is 0 Å². The number of rotatable bonds is 7. The molecule has 10 rings (SSSR count). The summed E-state index contributed by atoms with van der Waals surface area (Å²) in [4.78, 5) is 15.4. The van der Waals surface area contributed by atoms with Crippen molar-refractivity contribution < 1.29 is 0 Å². The lowest BCUT2D eigenvalue weighted by Gasteiger charge is -2.15. The van der Waals surface area contributed by atoms with Crippen LogP contribution in [0.15, 0.2) is 212 Å². The highest BCUT2D eigenvalue weighted by molar-refractivity contribution is 6.17. The van der Waals surface area contributed by atoms with E-state index in [0.29, 0.717) is 5.82 Å². The minimum absolute atomic E-state index is 0.710. The van der Waals surface area contributed by atoms with Crippen LogP contribution >= 0.6 is 0 Å². The predicted octanol–water partition coefficient (Wildman–Crippen LogP) is 13.8. The molecule has 2 heterocycles. The van der Waals surface area contributed by atoms with Crippen molar-refractivity contribution in [3.05, 3.63) is 212 Å². The third-order valence-corrected chi connectivity index (χ3v) is 10.5. The number of hydrogen-bond acceptors (Lipinski definition) is 3. The van der Waals surface area contributed by atoms with E-state index in [4.69, 9.17) is 15.0 Å². The summed E-state index contributed by atoms with van der Waals surface area (Å²) in [6.07, 6.45) is 0. The summed E-state index contributed by atoms with van der Waals surface area (Å²) in [5.41, 5.74) is 14.9. The SMILES string of the molecule is c1ccc(-c2cc(-c3cccc(-c4ccc(-c5ccc6c(c5)nc(-c5ccccc5)c5cccc(-c7ccccc7)c56)cc4)c3)nc(-c3ccccc3)n2)cc1. The molecule has 8 aromatic carbocycles. The monoisotopic (exact) mass is 713 g/mol. The lowest BCUT2D eigenvalue weighted by Crippen LogP contribution is -1.96. The summed E-state index contributed by atoms with van der Waals surface area (Å²) >= 11 is 0.